The summed E-state index contributed by atoms with van der Waals surface area (Å²) in [6.45, 7) is 1.50. The van der Waals surface area contributed by atoms with E-state index in [2.05, 4.69) is 0 Å². The summed E-state index contributed by atoms with van der Waals surface area (Å²) >= 11 is 12.0. The Morgan fingerprint density at radius 3 is 2.90 bits per heavy atom. The lowest BCUT2D eigenvalue weighted by molar-refractivity contribution is 0.0980. The Kier molecular flexibility index (Phi) is 6.27. The lowest BCUT2D eigenvalue weighted by atomic mass is 10.1. The summed E-state index contributed by atoms with van der Waals surface area (Å²) in [6, 6.07) is 3.67. The second-order valence-corrected chi connectivity index (χ2v) is 5.54. The first-order chi connectivity index (χ1) is 9.74. The third-order valence-corrected chi connectivity index (χ3v) is 3.97. The largest absolute Gasteiger partial charge is 0.493 e. The van der Waals surface area contributed by atoms with Crippen molar-refractivity contribution in [2.45, 2.75) is 37.7 Å². The van der Waals surface area contributed by atoms with Crippen LogP contribution in [0.25, 0.3) is 0 Å². The Morgan fingerprint density at radius 2 is 2.25 bits per heavy atom. The van der Waals surface area contributed by atoms with Crippen LogP contribution in [0.2, 0.25) is 5.02 Å². The molecule has 20 heavy (non-hydrogen) atoms. The maximum absolute atomic E-state index is 6.21. The molecule has 5 heteroatoms. The van der Waals surface area contributed by atoms with Crippen molar-refractivity contribution >= 4 is 23.2 Å². The lowest BCUT2D eigenvalue weighted by Gasteiger charge is -2.14. The van der Waals surface area contributed by atoms with Gasteiger partial charge in [-0.25, -0.2) is 0 Å². The number of hydrogen-bond donors (Lipinski definition) is 0. The Morgan fingerprint density at radius 1 is 1.40 bits per heavy atom. The van der Waals surface area contributed by atoms with Crippen LogP contribution in [0.15, 0.2) is 12.1 Å². The van der Waals surface area contributed by atoms with Crippen LogP contribution in [0, 0.1) is 0 Å². The van der Waals surface area contributed by atoms with Crippen molar-refractivity contribution in [2.24, 2.45) is 0 Å². The maximum atomic E-state index is 6.21. The van der Waals surface area contributed by atoms with Gasteiger partial charge in [0.1, 0.15) is 0 Å². The van der Waals surface area contributed by atoms with Gasteiger partial charge in [0.2, 0.25) is 0 Å². The summed E-state index contributed by atoms with van der Waals surface area (Å²) in [4.78, 5) is 0. The van der Waals surface area contributed by atoms with E-state index in [0.717, 1.165) is 31.4 Å². The number of rotatable bonds is 7. The molecular weight excluding hydrogens is 299 g/mol. The SMILES string of the molecule is COc1cc(CCl)cc(Cl)c1OCCCC1CCCO1. The van der Waals surface area contributed by atoms with Crippen LogP contribution in [-0.4, -0.2) is 26.4 Å². The van der Waals surface area contributed by atoms with Crippen molar-refractivity contribution in [3.8, 4) is 11.5 Å². The lowest BCUT2D eigenvalue weighted by Crippen LogP contribution is -2.08. The molecule has 0 amide bonds. The Balaban J connectivity index is 1.87. The van der Waals surface area contributed by atoms with E-state index in [-0.39, 0.29) is 0 Å². The standard InChI is InChI=1S/C15H20Cl2O3/c1-18-14-9-11(10-16)8-13(17)15(14)20-7-3-5-12-4-2-6-19-12/h8-9,12H,2-7,10H2,1H3. The van der Waals surface area contributed by atoms with Gasteiger partial charge in [-0.15, -0.1) is 11.6 Å². The van der Waals surface area contributed by atoms with E-state index in [1.165, 1.54) is 6.42 Å². The number of alkyl halides is 1. The summed E-state index contributed by atoms with van der Waals surface area (Å²) in [5.74, 6) is 1.62. The van der Waals surface area contributed by atoms with E-state index < -0.39 is 0 Å². The smallest absolute Gasteiger partial charge is 0.179 e. The monoisotopic (exact) mass is 318 g/mol. The first-order valence-corrected chi connectivity index (χ1v) is 7.82. The number of ether oxygens (including phenoxy) is 3. The van der Waals surface area contributed by atoms with E-state index >= 15 is 0 Å². The van der Waals surface area contributed by atoms with Gasteiger partial charge in [-0.2, -0.15) is 0 Å². The fourth-order valence-electron chi connectivity index (χ4n) is 2.35. The minimum Gasteiger partial charge on any atom is -0.493 e. The van der Waals surface area contributed by atoms with Crippen LogP contribution >= 0.6 is 23.2 Å². The Bertz CT molecular complexity index is 431. The molecule has 0 aromatic heterocycles. The zero-order chi connectivity index (χ0) is 14.4. The van der Waals surface area contributed by atoms with E-state index in [0.29, 0.717) is 35.1 Å². The molecule has 112 valence electrons. The maximum Gasteiger partial charge on any atom is 0.179 e. The van der Waals surface area contributed by atoms with Gasteiger partial charge in [-0.3, -0.25) is 0 Å². The van der Waals surface area contributed by atoms with Gasteiger partial charge in [-0.1, -0.05) is 11.6 Å². The molecule has 3 nitrogen and oxygen atoms in total. The second-order valence-electron chi connectivity index (χ2n) is 4.87. The highest BCUT2D eigenvalue weighted by atomic mass is 35.5. The van der Waals surface area contributed by atoms with Crippen molar-refractivity contribution in [3.05, 3.63) is 22.7 Å². The molecule has 0 aliphatic carbocycles. The molecule has 1 saturated heterocycles. The molecule has 1 atom stereocenters. The quantitative estimate of drug-likeness (QED) is 0.550. The number of methoxy groups -OCH3 is 1. The zero-order valence-corrected chi connectivity index (χ0v) is 13.2. The Hall–Kier alpha value is -0.640. The number of benzene rings is 1. The molecule has 1 fully saturated rings. The van der Waals surface area contributed by atoms with Crippen molar-refractivity contribution in [3.63, 3.8) is 0 Å². The van der Waals surface area contributed by atoms with Gasteiger partial charge in [0.25, 0.3) is 0 Å². The van der Waals surface area contributed by atoms with Crippen LogP contribution in [0.3, 0.4) is 0 Å². The average Bonchev–Trinajstić information content (AvgIpc) is 2.97. The van der Waals surface area contributed by atoms with Crippen molar-refractivity contribution in [2.75, 3.05) is 20.3 Å². The van der Waals surface area contributed by atoms with Crippen LogP contribution in [0.5, 0.6) is 11.5 Å². The van der Waals surface area contributed by atoms with Crippen molar-refractivity contribution in [1.29, 1.82) is 0 Å². The molecule has 1 aromatic carbocycles. The molecule has 1 aromatic rings. The molecule has 1 heterocycles. The normalized spacial score (nSPS) is 18.2. The van der Waals surface area contributed by atoms with Gasteiger partial charge < -0.3 is 14.2 Å². The molecule has 0 N–H and O–H groups in total. The second kappa shape index (κ2) is 7.96. The van der Waals surface area contributed by atoms with E-state index in [1.54, 1.807) is 7.11 Å². The van der Waals surface area contributed by atoms with Gasteiger partial charge in [0.15, 0.2) is 11.5 Å². The van der Waals surface area contributed by atoms with Gasteiger partial charge in [-0.05, 0) is 43.4 Å². The topological polar surface area (TPSA) is 27.7 Å². The van der Waals surface area contributed by atoms with Crippen LogP contribution in [0.4, 0.5) is 0 Å². The molecule has 1 aliphatic heterocycles. The van der Waals surface area contributed by atoms with Crippen molar-refractivity contribution in [1.82, 2.24) is 0 Å². The molecule has 2 rings (SSSR count). The minimum absolute atomic E-state index is 0.398. The third-order valence-electron chi connectivity index (χ3n) is 3.38. The molecule has 0 spiro atoms. The van der Waals surface area contributed by atoms with Crippen LogP contribution in [-0.2, 0) is 10.6 Å². The van der Waals surface area contributed by atoms with Crippen molar-refractivity contribution < 1.29 is 14.2 Å². The van der Waals surface area contributed by atoms with E-state index in [9.17, 15) is 0 Å². The van der Waals surface area contributed by atoms with Crippen LogP contribution < -0.4 is 9.47 Å². The molecular formula is C15H20Cl2O3. The highest BCUT2D eigenvalue weighted by molar-refractivity contribution is 6.32. The molecule has 0 radical (unpaired) electrons. The molecule has 0 saturated carbocycles. The van der Waals surface area contributed by atoms with Gasteiger partial charge in [0, 0.05) is 12.5 Å². The van der Waals surface area contributed by atoms with Gasteiger partial charge >= 0.3 is 0 Å². The predicted octanol–water partition coefficient (Wildman–Crippen LogP) is 4.43. The first kappa shape index (κ1) is 15.7. The number of halogens is 2. The minimum atomic E-state index is 0.398. The summed E-state index contributed by atoms with van der Waals surface area (Å²) in [5.41, 5.74) is 0.917. The fourth-order valence-corrected chi connectivity index (χ4v) is 2.79. The predicted molar refractivity (Wildman–Crippen MR) is 81.3 cm³/mol. The molecule has 1 aliphatic rings. The fraction of sp³-hybridized carbons (Fsp3) is 0.600. The molecule has 1 unspecified atom stereocenters. The Labute approximate surface area is 130 Å². The third kappa shape index (κ3) is 4.18. The molecule has 0 bridgehead atoms. The van der Waals surface area contributed by atoms with Crippen LogP contribution in [0.1, 0.15) is 31.2 Å². The highest BCUT2D eigenvalue weighted by Crippen LogP contribution is 2.37. The first-order valence-electron chi connectivity index (χ1n) is 6.91. The summed E-state index contributed by atoms with van der Waals surface area (Å²) in [7, 11) is 1.60. The van der Waals surface area contributed by atoms with Gasteiger partial charge in [0.05, 0.1) is 24.8 Å². The number of hydrogen-bond acceptors (Lipinski definition) is 3. The summed E-state index contributed by atoms with van der Waals surface area (Å²) < 4.78 is 16.7. The van der Waals surface area contributed by atoms with E-state index in [1.807, 2.05) is 12.1 Å². The zero-order valence-electron chi connectivity index (χ0n) is 11.7. The highest BCUT2D eigenvalue weighted by Gasteiger charge is 2.16. The summed E-state index contributed by atoms with van der Waals surface area (Å²) in [6.07, 6.45) is 4.70. The van der Waals surface area contributed by atoms with E-state index in [4.69, 9.17) is 37.4 Å². The summed E-state index contributed by atoms with van der Waals surface area (Å²) in [5, 5.41) is 0.539. The average molecular weight is 319 g/mol.